The summed E-state index contributed by atoms with van der Waals surface area (Å²) in [4.78, 5) is 16.9. The molecule has 5 N–H and O–H groups in total. The van der Waals surface area contributed by atoms with Crippen molar-refractivity contribution in [2.45, 2.75) is 25.8 Å². The van der Waals surface area contributed by atoms with E-state index in [0.29, 0.717) is 29.5 Å². The van der Waals surface area contributed by atoms with Crippen LogP contribution in [0.4, 0.5) is 20.0 Å². The summed E-state index contributed by atoms with van der Waals surface area (Å²) in [7, 11) is 0. The number of hydrogen-bond donors (Lipinski definition) is 4. The zero-order valence-electron chi connectivity index (χ0n) is 17.3. The predicted octanol–water partition coefficient (Wildman–Crippen LogP) is 5.06. The fraction of sp³-hybridized carbons (Fsp3) is 0.273. The van der Waals surface area contributed by atoms with E-state index in [1.54, 1.807) is 12.1 Å². The number of urea groups is 1. The van der Waals surface area contributed by atoms with Crippen LogP contribution in [-0.4, -0.2) is 24.1 Å². The van der Waals surface area contributed by atoms with Gasteiger partial charge in [-0.3, -0.25) is 5.32 Å². The van der Waals surface area contributed by atoms with E-state index in [1.807, 2.05) is 17.5 Å². The molecular weight excluding hydrogens is 481 g/mol. The zero-order valence-corrected chi connectivity index (χ0v) is 19.7. The van der Waals surface area contributed by atoms with E-state index in [-0.39, 0.29) is 17.8 Å². The summed E-state index contributed by atoms with van der Waals surface area (Å²) in [5, 5.41) is 10.8. The molecule has 1 heterocycles. The van der Waals surface area contributed by atoms with Gasteiger partial charge in [-0.1, -0.05) is 48.0 Å². The van der Waals surface area contributed by atoms with E-state index in [9.17, 15) is 9.18 Å². The van der Waals surface area contributed by atoms with Gasteiger partial charge in [0.25, 0.3) is 0 Å². The van der Waals surface area contributed by atoms with Crippen molar-refractivity contribution in [3.8, 4) is 0 Å². The number of aromatic nitrogens is 1. The number of nitrogens with one attached hydrogen (secondary N) is 3. The van der Waals surface area contributed by atoms with Gasteiger partial charge in [0.1, 0.15) is 5.82 Å². The highest BCUT2D eigenvalue weighted by molar-refractivity contribution is 9.10. The van der Waals surface area contributed by atoms with Crippen LogP contribution in [0.1, 0.15) is 30.7 Å². The molecule has 9 heteroatoms. The van der Waals surface area contributed by atoms with Gasteiger partial charge in [-0.25, -0.2) is 14.2 Å². The zero-order chi connectivity index (χ0) is 22.4. The first kappa shape index (κ1) is 23.2. The van der Waals surface area contributed by atoms with Crippen molar-refractivity contribution < 1.29 is 9.18 Å². The Morgan fingerprint density at radius 3 is 2.65 bits per heavy atom. The molecule has 0 spiro atoms. The lowest BCUT2D eigenvalue weighted by atomic mass is 9.82. The minimum atomic E-state index is -0.395. The number of carbonyl (C=O) groups excluding carboxylic acids is 1. The van der Waals surface area contributed by atoms with Crippen LogP contribution in [0.25, 0.3) is 0 Å². The molecule has 0 saturated carbocycles. The summed E-state index contributed by atoms with van der Waals surface area (Å²) < 4.78 is 15.1. The van der Waals surface area contributed by atoms with Crippen LogP contribution >= 0.6 is 27.3 Å². The number of amides is 2. The molecule has 0 bridgehead atoms. The van der Waals surface area contributed by atoms with Gasteiger partial charge in [-0.15, -0.1) is 11.3 Å². The lowest BCUT2D eigenvalue weighted by Crippen LogP contribution is -2.28. The molecule has 2 amide bonds. The first-order chi connectivity index (χ1) is 14.8. The SMILES string of the molecule is CC(C)(c1ccc(Br)cc1)c1csc(NC(=O)NCc2ccc(NCCN)c(F)c2)n1. The van der Waals surface area contributed by atoms with Crippen LogP contribution in [0, 0.1) is 5.82 Å². The Morgan fingerprint density at radius 2 is 1.97 bits per heavy atom. The van der Waals surface area contributed by atoms with E-state index in [1.165, 1.54) is 17.4 Å². The Hall–Kier alpha value is -2.49. The number of thiazole rings is 1. The summed E-state index contributed by atoms with van der Waals surface area (Å²) in [6.45, 7) is 5.29. The maximum absolute atomic E-state index is 14.1. The van der Waals surface area contributed by atoms with Gasteiger partial charge in [0, 0.05) is 34.9 Å². The molecule has 2 aromatic carbocycles. The minimum absolute atomic E-state index is 0.197. The van der Waals surface area contributed by atoms with Crippen molar-refractivity contribution in [2.75, 3.05) is 23.7 Å². The van der Waals surface area contributed by atoms with Crippen molar-refractivity contribution in [1.82, 2.24) is 10.3 Å². The lowest BCUT2D eigenvalue weighted by Gasteiger charge is -2.23. The molecule has 1 aromatic heterocycles. The number of nitrogens with zero attached hydrogens (tertiary/aromatic N) is 1. The van der Waals surface area contributed by atoms with Crippen molar-refractivity contribution in [2.24, 2.45) is 5.73 Å². The van der Waals surface area contributed by atoms with E-state index in [2.05, 4.69) is 62.8 Å². The largest absolute Gasteiger partial charge is 0.381 e. The van der Waals surface area contributed by atoms with Gasteiger partial charge >= 0.3 is 6.03 Å². The third-order valence-electron chi connectivity index (χ3n) is 4.88. The monoisotopic (exact) mass is 505 g/mol. The standard InChI is InChI=1S/C22H25BrFN5OS/c1-22(2,15-4-6-16(23)7-5-15)19-13-31-21(28-19)29-20(30)27-12-14-3-8-18(17(24)11-14)26-10-9-25/h3-8,11,13,26H,9-10,12,25H2,1-2H3,(H2,27,28,29,30). The molecule has 0 saturated heterocycles. The second-order valence-corrected chi connectivity index (χ2v) is 9.28. The van der Waals surface area contributed by atoms with Crippen LogP contribution in [0.3, 0.4) is 0 Å². The van der Waals surface area contributed by atoms with Crippen molar-refractivity contribution in [3.63, 3.8) is 0 Å². The normalized spacial score (nSPS) is 11.3. The molecule has 0 radical (unpaired) electrons. The highest BCUT2D eigenvalue weighted by Gasteiger charge is 2.26. The van der Waals surface area contributed by atoms with Gasteiger partial charge < -0.3 is 16.4 Å². The quantitative estimate of drug-likeness (QED) is 0.344. The summed E-state index contributed by atoms with van der Waals surface area (Å²) in [6, 6.07) is 12.5. The third-order valence-corrected chi connectivity index (χ3v) is 6.16. The van der Waals surface area contributed by atoms with Gasteiger partial charge in [-0.2, -0.15) is 0 Å². The smallest absolute Gasteiger partial charge is 0.321 e. The molecule has 3 rings (SSSR count). The average Bonchev–Trinajstić information content (AvgIpc) is 3.21. The number of benzene rings is 2. The molecule has 3 aromatic rings. The van der Waals surface area contributed by atoms with Crippen LogP contribution in [-0.2, 0) is 12.0 Å². The lowest BCUT2D eigenvalue weighted by molar-refractivity contribution is 0.251. The van der Waals surface area contributed by atoms with Crippen molar-refractivity contribution in [3.05, 3.63) is 75.0 Å². The molecule has 0 unspecified atom stereocenters. The Labute approximate surface area is 193 Å². The number of halogens is 2. The van der Waals surface area contributed by atoms with Crippen molar-refractivity contribution >= 4 is 44.1 Å². The first-order valence-electron chi connectivity index (χ1n) is 9.79. The maximum atomic E-state index is 14.1. The molecule has 0 aliphatic rings. The second-order valence-electron chi connectivity index (χ2n) is 7.51. The van der Waals surface area contributed by atoms with E-state index < -0.39 is 6.03 Å². The third kappa shape index (κ3) is 6.03. The molecular formula is C22H25BrFN5OS. The Balaban J connectivity index is 1.57. The van der Waals surface area contributed by atoms with Gasteiger partial charge in [0.2, 0.25) is 0 Å². The average molecular weight is 506 g/mol. The molecule has 31 heavy (non-hydrogen) atoms. The van der Waals surface area contributed by atoms with Crippen LogP contribution in [0.2, 0.25) is 0 Å². The summed E-state index contributed by atoms with van der Waals surface area (Å²) in [6.07, 6.45) is 0. The number of nitrogens with two attached hydrogens (primary N) is 1. The van der Waals surface area contributed by atoms with Crippen LogP contribution in [0.5, 0.6) is 0 Å². The maximum Gasteiger partial charge on any atom is 0.321 e. The summed E-state index contributed by atoms with van der Waals surface area (Å²) in [5.41, 5.74) is 8.16. The molecule has 6 nitrogen and oxygen atoms in total. The van der Waals surface area contributed by atoms with Gasteiger partial charge in [0.05, 0.1) is 11.4 Å². The second kappa shape index (κ2) is 10.2. The van der Waals surface area contributed by atoms with Crippen LogP contribution in [0.15, 0.2) is 52.3 Å². The highest BCUT2D eigenvalue weighted by atomic mass is 79.9. The number of carbonyl (C=O) groups is 1. The molecule has 0 aliphatic carbocycles. The molecule has 0 atom stereocenters. The Morgan fingerprint density at radius 1 is 1.23 bits per heavy atom. The summed E-state index contributed by atoms with van der Waals surface area (Å²) >= 11 is 4.82. The van der Waals surface area contributed by atoms with Gasteiger partial charge in [0.15, 0.2) is 5.13 Å². The number of hydrogen-bond acceptors (Lipinski definition) is 5. The molecule has 0 fully saturated rings. The molecule has 0 aliphatic heterocycles. The predicted molar refractivity (Wildman–Crippen MR) is 128 cm³/mol. The fourth-order valence-corrected chi connectivity index (χ4v) is 4.11. The fourth-order valence-electron chi connectivity index (χ4n) is 2.98. The molecule has 164 valence electrons. The van der Waals surface area contributed by atoms with Crippen LogP contribution < -0.4 is 21.7 Å². The van der Waals surface area contributed by atoms with Crippen molar-refractivity contribution in [1.29, 1.82) is 0 Å². The van der Waals surface area contributed by atoms with E-state index in [4.69, 9.17) is 5.73 Å². The topological polar surface area (TPSA) is 92.1 Å². The Bertz CT molecular complexity index is 1040. The Kier molecular flexibility index (Phi) is 7.64. The van der Waals surface area contributed by atoms with Gasteiger partial charge in [-0.05, 0) is 35.4 Å². The minimum Gasteiger partial charge on any atom is -0.381 e. The van der Waals surface area contributed by atoms with E-state index >= 15 is 0 Å². The first-order valence-corrected chi connectivity index (χ1v) is 11.5. The summed E-state index contributed by atoms with van der Waals surface area (Å²) in [5.74, 6) is -0.382. The van der Waals surface area contributed by atoms with E-state index in [0.717, 1.165) is 15.7 Å². The number of rotatable bonds is 8. The highest BCUT2D eigenvalue weighted by Crippen LogP contribution is 2.34. The number of anilines is 2.